The van der Waals surface area contributed by atoms with Crippen molar-refractivity contribution in [3.8, 4) is 17.1 Å². The molecule has 1 N–H and O–H groups in total. The molecule has 6 nitrogen and oxygen atoms in total. The zero-order valence-corrected chi connectivity index (χ0v) is 15.1. The molecule has 9 heteroatoms. The molecule has 0 aliphatic heterocycles. The minimum Gasteiger partial charge on any atom is -0.435 e. The number of halogens is 3. The first-order valence-electron chi connectivity index (χ1n) is 8.09. The van der Waals surface area contributed by atoms with Gasteiger partial charge in [0, 0.05) is 16.7 Å². The number of rotatable bonds is 7. The molecule has 0 aliphatic carbocycles. The maximum atomic E-state index is 12.1. The minimum atomic E-state index is -2.88. The average Bonchev–Trinajstić information content (AvgIpc) is 3.15. The number of aromatic nitrogens is 2. The molecule has 28 heavy (non-hydrogen) atoms. The molecule has 2 aromatic carbocycles. The monoisotopic (exact) mass is 405 g/mol. The van der Waals surface area contributed by atoms with Gasteiger partial charge in [0.25, 0.3) is 0 Å². The molecule has 1 aromatic heterocycles. The first-order valence-corrected chi connectivity index (χ1v) is 8.47. The van der Waals surface area contributed by atoms with Gasteiger partial charge in [-0.15, -0.1) is 0 Å². The van der Waals surface area contributed by atoms with E-state index in [1.54, 1.807) is 36.4 Å². The van der Waals surface area contributed by atoms with Gasteiger partial charge in [0.1, 0.15) is 5.75 Å². The van der Waals surface area contributed by atoms with E-state index >= 15 is 0 Å². The number of alkyl halides is 2. The fraction of sp³-hybridized carbons (Fsp3) is 0.105. The summed E-state index contributed by atoms with van der Waals surface area (Å²) in [6, 6.07) is 12.8. The maximum absolute atomic E-state index is 12.1. The van der Waals surface area contributed by atoms with Crippen molar-refractivity contribution in [1.82, 2.24) is 15.5 Å². The third kappa shape index (κ3) is 5.62. The molecule has 3 aromatic rings. The summed E-state index contributed by atoms with van der Waals surface area (Å²) in [6.45, 7) is -2.82. The molecule has 3 rings (SSSR count). The summed E-state index contributed by atoms with van der Waals surface area (Å²) in [5, 5.41) is 7.07. The van der Waals surface area contributed by atoms with E-state index in [0.717, 1.165) is 5.56 Å². The average molecular weight is 406 g/mol. The Hall–Kier alpha value is -3.26. The second-order valence-electron chi connectivity index (χ2n) is 5.52. The van der Waals surface area contributed by atoms with Gasteiger partial charge in [-0.2, -0.15) is 13.8 Å². The fourth-order valence-electron chi connectivity index (χ4n) is 2.20. The van der Waals surface area contributed by atoms with E-state index in [1.807, 2.05) is 0 Å². The standard InChI is InChI=1S/C19H14ClF2N3O3/c20-14-6-4-13(5-7-14)18-24-17(28-25-18)11-23-16(26)10-3-12-1-8-15(9-2-12)27-19(21)22/h1-10,19H,11H2,(H,23,26)/b10-3+. The van der Waals surface area contributed by atoms with Crippen LogP contribution in [-0.4, -0.2) is 22.7 Å². The number of carbonyl (C=O) groups excluding carboxylic acids is 1. The highest BCUT2D eigenvalue weighted by molar-refractivity contribution is 6.30. The van der Waals surface area contributed by atoms with E-state index in [4.69, 9.17) is 16.1 Å². The van der Waals surface area contributed by atoms with Crippen molar-refractivity contribution in [3.63, 3.8) is 0 Å². The van der Waals surface area contributed by atoms with Gasteiger partial charge in [0.05, 0.1) is 6.54 Å². The van der Waals surface area contributed by atoms with E-state index in [9.17, 15) is 13.6 Å². The summed E-state index contributed by atoms with van der Waals surface area (Å²) >= 11 is 5.84. The molecule has 1 amide bonds. The van der Waals surface area contributed by atoms with Crippen LogP contribution in [0.5, 0.6) is 5.75 Å². The molecule has 0 radical (unpaired) electrons. The van der Waals surface area contributed by atoms with Gasteiger partial charge < -0.3 is 14.6 Å². The van der Waals surface area contributed by atoms with Crippen molar-refractivity contribution in [2.75, 3.05) is 0 Å². The first kappa shape index (κ1) is 19.5. The molecule has 0 saturated carbocycles. The van der Waals surface area contributed by atoms with E-state index in [-0.39, 0.29) is 24.1 Å². The Labute approximate surface area is 163 Å². The molecule has 144 valence electrons. The van der Waals surface area contributed by atoms with E-state index in [1.165, 1.54) is 24.3 Å². The van der Waals surface area contributed by atoms with Gasteiger partial charge in [0.2, 0.25) is 17.6 Å². The normalized spacial score (nSPS) is 11.1. The van der Waals surface area contributed by atoms with Crippen molar-refractivity contribution >= 4 is 23.6 Å². The number of benzene rings is 2. The van der Waals surface area contributed by atoms with Crippen LogP contribution in [0.3, 0.4) is 0 Å². The smallest absolute Gasteiger partial charge is 0.387 e. The summed E-state index contributed by atoms with van der Waals surface area (Å²) in [5.74, 6) is 0.311. The predicted molar refractivity (Wildman–Crippen MR) is 98.7 cm³/mol. The lowest BCUT2D eigenvalue weighted by atomic mass is 10.2. The second kappa shape index (κ2) is 9.09. The molecular weight excluding hydrogens is 392 g/mol. The first-order chi connectivity index (χ1) is 13.5. The Balaban J connectivity index is 1.51. The maximum Gasteiger partial charge on any atom is 0.387 e. The third-order valence-corrected chi connectivity index (χ3v) is 3.77. The van der Waals surface area contributed by atoms with Crippen LogP contribution in [0.1, 0.15) is 11.5 Å². The number of amides is 1. The lowest BCUT2D eigenvalue weighted by Gasteiger charge is -2.03. The molecule has 0 spiro atoms. The largest absolute Gasteiger partial charge is 0.435 e. The SMILES string of the molecule is O=C(/C=C/c1ccc(OC(F)F)cc1)NCc1nc(-c2ccc(Cl)cc2)no1. The van der Waals surface area contributed by atoms with Crippen molar-refractivity contribution in [3.05, 3.63) is 71.1 Å². The molecular formula is C19H14ClF2N3O3. The highest BCUT2D eigenvalue weighted by Gasteiger charge is 2.09. The van der Waals surface area contributed by atoms with Crippen LogP contribution < -0.4 is 10.1 Å². The fourth-order valence-corrected chi connectivity index (χ4v) is 2.32. The number of nitrogens with zero attached hydrogens (tertiary/aromatic N) is 2. The lowest BCUT2D eigenvalue weighted by Crippen LogP contribution is -2.20. The Bertz CT molecular complexity index is 957. The summed E-state index contributed by atoms with van der Waals surface area (Å²) in [5.41, 5.74) is 1.39. The lowest BCUT2D eigenvalue weighted by molar-refractivity contribution is -0.116. The molecule has 0 atom stereocenters. The molecule has 0 aliphatic rings. The van der Waals surface area contributed by atoms with Gasteiger partial charge in [-0.1, -0.05) is 28.9 Å². The van der Waals surface area contributed by atoms with Crippen LogP contribution in [0.4, 0.5) is 8.78 Å². The van der Waals surface area contributed by atoms with Crippen molar-refractivity contribution in [2.45, 2.75) is 13.2 Å². The number of ether oxygens (including phenoxy) is 1. The van der Waals surface area contributed by atoms with Crippen LogP contribution in [0.2, 0.25) is 5.02 Å². The van der Waals surface area contributed by atoms with Crippen molar-refractivity contribution in [1.29, 1.82) is 0 Å². The predicted octanol–water partition coefficient (Wildman–Crippen LogP) is 4.32. The van der Waals surface area contributed by atoms with Gasteiger partial charge in [-0.05, 0) is 48.0 Å². The van der Waals surface area contributed by atoms with Gasteiger partial charge in [0.15, 0.2) is 0 Å². The van der Waals surface area contributed by atoms with Crippen LogP contribution in [-0.2, 0) is 11.3 Å². The Morgan fingerprint density at radius 3 is 2.57 bits per heavy atom. The number of nitrogens with one attached hydrogen (secondary N) is 1. The topological polar surface area (TPSA) is 77.2 Å². The van der Waals surface area contributed by atoms with Gasteiger partial charge >= 0.3 is 6.61 Å². The highest BCUT2D eigenvalue weighted by atomic mass is 35.5. The zero-order valence-electron chi connectivity index (χ0n) is 14.3. The number of hydrogen-bond acceptors (Lipinski definition) is 5. The van der Waals surface area contributed by atoms with Crippen molar-refractivity contribution < 1.29 is 22.8 Å². The summed E-state index contributed by atoms with van der Waals surface area (Å²) < 4.78 is 33.6. The van der Waals surface area contributed by atoms with Crippen molar-refractivity contribution in [2.24, 2.45) is 0 Å². The third-order valence-electron chi connectivity index (χ3n) is 3.52. The van der Waals surface area contributed by atoms with E-state index < -0.39 is 6.61 Å². The molecule has 1 heterocycles. The Morgan fingerprint density at radius 2 is 1.89 bits per heavy atom. The van der Waals surface area contributed by atoms with Crippen LogP contribution >= 0.6 is 11.6 Å². The Morgan fingerprint density at radius 1 is 1.18 bits per heavy atom. The van der Waals surface area contributed by atoms with E-state index in [2.05, 4.69) is 20.2 Å². The van der Waals surface area contributed by atoms with Crippen LogP contribution in [0.15, 0.2) is 59.1 Å². The molecule has 0 fully saturated rings. The molecule has 0 saturated heterocycles. The zero-order chi connectivity index (χ0) is 19.9. The summed E-state index contributed by atoms with van der Waals surface area (Å²) in [6.07, 6.45) is 2.84. The van der Waals surface area contributed by atoms with Crippen LogP contribution in [0.25, 0.3) is 17.5 Å². The number of hydrogen-bond donors (Lipinski definition) is 1. The van der Waals surface area contributed by atoms with Gasteiger partial charge in [-0.3, -0.25) is 4.79 Å². The highest BCUT2D eigenvalue weighted by Crippen LogP contribution is 2.18. The second-order valence-corrected chi connectivity index (χ2v) is 5.95. The molecule has 0 unspecified atom stereocenters. The minimum absolute atomic E-state index is 0.0458. The quantitative estimate of drug-likeness (QED) is 0.592. The Kier molecular flexibility index (Phi) is 6.33. The van der Waals surface area contributed by atoms with E-state index in [0.29, 0.717) is 16.4 Å². The molecule has 0 bridgehead atoms. The van der Waals surface area contributed by atoms with Crippen LogP contribution in [0, 0.1) is 0 Å². The van der Waals surface area contributed by atoms with Gasteiger partial charge in [-0.25, -0.2) is 0 Å². The number of carbonyl (C=O) groups is 1. The summed E-state index contributed by atoms with van der Waals surface area (Å²) in [4.78, 5) is 16.1. The summed E-state index contributed by atoms with van der Waals surface area (Å²) in [7, 11) is 0.